The fourth-order valence-corrected chi connectivity index (χ4v) is 0.713. The Morgan fingerprint density at radius 2 is 1.78 bits per heavy atom. The van der Waals surface area contributed by atoms with Gasteiger partial charge in [-0.1, -0.05) is 0 Å². The van der Waals surface area contributed by atoms with Crippen LogP contribution in [0.15, 0.2) is 0 Å². The van der Waals surface area contributed by atoms with Crippen LogP contribution in [0.1, 0.15) is 20.8 Å². The van der Waals surface area contributed by atoms with Gasteiger partial charge in [0.25, 0.3) is 0 Å². The third-order valence-corrected chi connectivity index (χ3v) is 3.24. The fraction of sp³-hybridized carbons (Fsp3) is 1.00. The molecule has 0 N–H and O–H groups in total. The molecule has 4 heteroatoms. The molecule has 0 aromatic rings. The molecule has 1 rings (SSSR count). The van der Waals surface area contributed by atoms with E-state index < -0.39 is 0 Å². The van der Waals surface area contributed by atoms with E-state index in [1.54, 1.807) is 0 Å². The minimum Gasteiger partial charge on any atom is -0.404 e. The van der Waals surface area contributed by atoms with Crippen LogP contribution < -0.4 is 0 Å². The van der Waals surface area contributed by atoms with E-state index in [2.05, 4.69) is 22.6 Å². The molecule has 2 nitrogen and oxygen atoms in total. The highest BCUT2D eigenvalue weighted by Gasteiger charge is 2.46. The first kappa shape index (κ1) is 7.82. The zero-order chi connectivity index (χ0) is 7.12. The van der Waals surface area contributed by atoms with Crippen LogP contribution in [-0.2, 0) is 9.31 Å². The lowest BCUT2D eigenvalue weighted by molar-refractivity contribution is 0.0728. The Bertz CT molecular complexity index is 110. The first-order valence-electron chi connectivity index (χ1n) is 2.82. The molecule has 0 aromatic heterocycles. The summed E-state index contributed by atoms with van der Waals surface area (Å²) in [6.45, 7) is 6.00. The SMILES string of the molecule is CC1(C)O[B]O[C@]1(C)I. The number of halogens is 1. The average molecular weight is 239 g/mol. The van der Waals surface area contributed by atoms with Crippen molar-refractivity contribution in [1.82, 2.24) is 0 Å². The van der Waals surface area contributed by atoms with Crippen LogP contribution in [0.2, 0.25) is 0 Å². The molecule has 1 aliphatic heterocycles. The topological polar surface area (TPSA) is 18.5 Å². The van der Waals surface area contributed by atoms with Crippen molar-refractivity contribution < 1.29 is 9.31 Å². The second kappa shape index (κ2) is 2.10. The molecule has 1 atom stereocenters. The van der Waals surface area contributed by atoms with Crippen molar-refractivity contribution in [1.29, 1.82) is 0 Å². The van der Waals surface area contributed by atoms with Gasteiger partial charge < -0.3 is 9.31 Å². The lowest BCUT2D eigenvalue weighted by Gasteiger charge is -2.30. The van der Waals surface area contributed by atoms with Gasteiger partial charge in [0.15, 0.2) is 0 Å². The quantitative estimate of drug-likeness (QED) is 0.362. The molecule has 1 aliphatic rings. The molecule has 1 saturated heterocycles. The molecule has 0 amide bonds. The highest BCUT2D eigenvalue weighted by atomic mass is 127. The summed E-state index contributed by atoms with van der Waals surface area (Å²) >= 11 is 2.23. The van der Waals surface area contributed by atoms with E-state index in [4.69, 9.17) is 9.31 Å². The average Bonchev–Trinajstić information content (AvgIpc) is 1.81. The second-order valence-electron chi connectivity index (χ2n) is 2.76. The van der Waals surface area contributed by atoms with Crippen molar-refractivity contribution in [3.8, 4) is 0 Å². The van der Waals surface area contributed by atoms with Gasteiger partial charge in [0.1, 0.15) is 3.61 Å². The summed E-state index contributed by atoms with van der Waals surface area (Å²) in [5, 5.41) is 0. The van der Waals surface area contributed by atoms with Gasteiger partial charge in [-0.15, -0.1) is 0 Å². The number of rotatable bonds is 0. The largest absolute Gasteiger partial charge is 0.489 e. The van der Waals surface area contributed by atoms with Gasteiger partial charge in [-0.25, -0.2) is 0 Å². The molecule has 1 radical (unpaired) electrons. The van der Waals surface area contributed by atoms with E-state index in [-0.39, 0.29) is 9.21 Å². The van der Waals surface area contributed by atoms with Crippen molar-refractivity contribution in [3.63, 3.8) is 0 Å². The molecule has 1 heterocycles. The molecule has 0 unspecified atom stereocenters. The maximum atomic E-state index is 5.20. The van der Waals surface area contributed by atoms with Crippen LogP contribution in [0.25, 0.3) is 0 Å². The summed E-state index contributed by atoms with van der Waals surface area (Å²) in [7, 11) is 1.41. The van der Waals surface area contributed by atoms with E-state index in [0.717, 1.165) is 0 Å². The lowest BCUT2D eigenvalue weighted by Crippen LogP contribution is -2.38. The first-order chi connectivity index (χ1) is 3.96. The zero-order valence-corrected chi connectivity index (χ0v) is 7.93. The molecular weight excluding hydrogens is 230 g/mol. The molecule has 0 spiro atoms. The van der Waals surface area contributed by atoms with Gasteiger partial charge in [0, 0.05) is 0 Å². The fourth-order valence-electron chi connectivity index (χ4n) is 0.482. The Morgan fingerprint density at radius 1 is 1.22 bits per heavy atom. The van der Waals surface area contributed by atoms with Crippen LogP contribution in [0.5, 0.6) is 0 Å². The predicted molar refractivity (Wildman–Crippen MR) is 44.4 cm³/mol. The van der Waals surface area contributed by atoms with E-state index in [1.165, 1.54) is 7.69 Å². The molecule has 0 bridgehead atoms. The third kappa shape index (κ3) is 1.25. The maximum Gasteiger partial charge on any atom is 0.489 e. The molecule has 0 aliphatic carbocycles. The van der Waals surface area contributed by atoms with E-state index in [0.29, 0.717) is 0 Å². The highest BCUT2D eigenvalue weighted by Crippen LogP contribution is 2.39. The Hall–Kier alpha value is 0.715. The molecule has 9 heavy (non-hydrogen) atoms. The molecule has 1 fully saturated rings. The van der Waals surface area contributed by atoms with Gasteiger partial charge >= 0.3 is 7.69 Å². The summed E-state index contributed by atoms with van der Waals surface area (Å²) in [6, 6.07) is 0. The lowest BCUT2D eigenvalue weighted by atomic mass is 10.0. The minimum absolute atomic E-state index is 0.201. The zero-order valence-electron chi connectivity index (χ0n) is 5.77. The van der Waals surface area contributed by atoms with Crippen LogP contribution in [0.4, 0.5) is 0 Å². The smallest absolute Gasteiger partial charge is 0.404 e. The van der Waals surface area contributed by atoms with Crippen molar-refractivity contribution in [3.05, 3.63) is 0 Å². The molecule has 51 valence electrons. The Kier molecular flexibility index (Phi) is 1.82. The van der Waals surface area contributed by atoms with Gasteiger partial charge in [-0.05, 0) is 43.4 Å². The molecular formula is C5H9BIO2. The van der Waals surface area contributed by atoms with Gasteiger partial charge in [0.2, 0.25) is 0 Å². The Morgan fingerprint density at radius 3 is 1.89 bits per heavy atom. The third-order valence-electron chi connectivity index (χ3n) is 1.69. The summed E-state index contributed by atoms with van der Waals surface area (Å²) in [4.78, 5) is 0. The first-order valence-corrected chi connectivity index (χ1v) is 3.90. The molecule has 0 saturated carbocycles. The van der Waals surface area contributed by atoms with Crippen molar-refractivity contribution in [2.45, 2.75) is 30.0 Å². The number of hydrogen-bond acceptors (Lipinski definition) is 2. The van der Waals surface area contributed by atoms with Gasteiger partial charge in [-0.3, -0.25) is 0 Å². The summed E-state index contributed by atoms with van der Waals surface area (Å²) in [5.41, 5.74) is -0.201. The van der Waals surface area contributed by atoms with Crippen molar-refractivity contribution in [2.24, 2.45) is 0 Å². The van der Waals surface area contributed by atoms with Crippen molar-refractivity contribution in [2.75, 3.05) is 0 Å². The summed E-state index contributed by atoms with van der Waals surface area (Å²) in [5.74, 6) is 0. The second-order valence-corrected chi connectivity index (χ2v) is 4.82. The minimum atomic E-state index is -0.218. The maximum absolute atomic E-state index is 5.20. The van der Waals surface area contributed by atoms with E-state index >= 15 is 0 Å². The molecule has 0 aromatic carbocycles. The van der Waals surface area contributed by atoms with Crippen LogP contribution >= 0.6 is 22.6 Å². The normalized spacial score (nSPS) is 40.4. The predicted octanol–water partition coefficient (Wildman–Crippen LogP) is 1.50. The van der Waals surface area contributed by atoms with Crippen LogP contribution in [-0.4, -0.2) is 16.9 Å². The van der Waals surface area contributed by atoms with Crippen LogP contribution in [0.3, 0.4) is 0 Å². The Balaban J connectivity index is 2.75. The summed E-state index contributed by atoms with van der Waals surface area (Å²) < 4.78 is 10.2. The monoisotopic (exact) mass is 239 g/mol. The standard InChI is InChI=1S/C5H9BIO2/c1-4(2)5(3,7)9-6-8-4/h1-3H3/t5-/m0/s1. The number of alkyl halides is 1. The van der Waals surface area contributed by atoms with E-state index in [9.17, 15) is 0 Å². The Labute approximate surface area is 69.7 Å². The van der Waals surface area contributed by atoms with Crippen molar-refractivity contribution >= 4 is 30.3 Å². The highest BCUT2D eigenvalue weighted by molar-refractivity contribution is 14.1. The number of hydrogen-bond donors (Lipinski definition) is 0. The van der Waals surface area contributed by atoms with Gasteiger partial charge in [0.05, 0.1) is 5.60 Å². The van der Waals surface area contributed by atoms with E-state index in [1.807, 2.05) is 20.8 Å². The van der Waals surface area contributed by atoms with Crippen LogP contribution in [0, 0.1) is 0 Å². The summed E-state index contributed by atoms with van der Waals surface area (Å²) in [6.07, 6.45) is 0. The van der Waals surface area contributed by atoms with Gasteiger partial charge in [-0.2, -0.15) is 0 Å².